The maximum absolute atomic E-state index is 12.6. The van der Waals surface area contributed by atoms with Crippen molar-refractivity contribution in [3.05, 3.63) is 70.8 Å². The van der Waals surface area contributed by atoms with Crippen LogP contribution in [0.5, 0.6) is 0 Å². The number of ether oxygens (including phenoxy) is 1. The van der Waals surface area contributed by atoms with Crippen LogP contribution in [0, 0.1) is 0 Å². The lowest BCUT2D eigenvalue weighted by Crippen LogP contribution is -2.22. The summed E-state index contributed by atoms with van der Waals surface area (Å²) < 4.78 is 5.01. The number of nitrogens with zero attached hydrogens (tertiary/aromatic N) is 3. The summed E-state index contributed by atoms with van der Waals surface area (Å²) in [6, 6.07) is 11.9. The molecule has 2 N–H and O–H groups in total. The molecule has 0 aliphatic heterocycles. The molecule has 28 heavy (non-hydrogen) atoms. The molecule has 0 spiro atoms. The second-order valence-electron chi connectivity index (χ2n) is 6.47. The molecule has 142 valence electrons. The molecular formula is C20H18ClN5O2. The summed E-state index contributed by atoms with van der Waals surface area (Å²) in [5.41, 5.74) is 4.04. The van der Waals surface area contributed by atoms with E-state index >= 15 is 0 Å². The van der Waals surface area contributed by atoms with Crippen LogP contribution in [-0.4, -0.2) is 34.1 Å². The molecule has 0 unspecified atom stereocenters. The molecule has 0 amide bonds. The smallest absolute Gasteiger partial charge is 0.342 e. The molecule has 0 saturated heterocycles. The molecule has 3 aromatic rings. The summed E-state index contributed by atoms with van der Waals surface area (Å²) in [7, 11) is 1.35. The van der Waals surface area contributed by atoms with Gasteiger partial charge in [0.15, 0.2) is 0 Å². The first-order valence-electron chi connectivity index (χ1n) is 8.78. The highest BCUT2D eigenvalue weighted by molar-refractivity contribution is 6.31. The standard InChI is InChI=1S/C20H18ClN5O2/c1-28-19(27)18-16(25-15-6-12-4-2-3-5-13(12)7-15)8-14(21)9-17(18)26-20-23-10-22-11-24-20/h2-5,8-11,15,25H,6-7H2,1H3,(H,22,23,24,26). The molecule has 1 aliphatic carbocycles. The number of esters is 1. The van der Waals surface area contributed by atoms with Crippen LogP contribution < -0.4 is 10.6 Å². The zero-order chi connectivity index (χ0) is 19.5. The van der Waals surface area contributed by atoms with E-state index in [1.807, 2.05) is 12.1 Å². The zero-order valence-electron chi connectivity index (χ0n) is 15.1. The van der Waals surface area contributed by atoms with Crippen LogP contribution in [0.25, 0.3) is 0 Å². The Labute approximate surface area is 167 Å². The van der Waals surface area contributed by atoms with Gasteiger partial charge >= 0.3 is 5.97 Å². The summed E-state index contributed by atoms with van der Waals surface area (Å²) in [5.74, 6) is -0.173. The highest BCUT2D eigenvalue weighted by atomic mass is 35.5. The number of hydrogen-bond donors (Lipinski definition) is 2. The molecule has 1 heterocycles. The normalized spacial score (nSPS) is 13.1. The van der Waals surface area contributed by atoms with E-state index in [2.05, 4.69) is 37.7 Å². The maximum Gasteiger partial charge on any atom is 0.342 e. The van der Waals surface area contributed by atoms with Crippen molar-refractivity contribution < 1.29 is 9.53 Å². The number of carbonyl (C=O) groups excluding carboxylic acids is 1. The lowest BCUT2D eigenvalue weighted by Gasteiger charge is -2.19. The van der Waals surface area contributed by atoms with Gasteiger partial charge in [0.1, 0.15) is 18.2 Å². The zero-order valence-corrected chi connectivity index (χ0v) is 15.9. The van der Waals surface area contributed by atoms with Gasteiger partial charge in [0.05, 0.1) is 18.5 Å². The highest BCUT2D eigenvalue weighted by Crippen LogP contribution is 2.33. The van der Waals surface area contributed by atoms with E-state index in [9.17, 15) is 4.79 Å². The van der Waals surface area contributed by atoms with Crippen LogP contribution >= 0.6 is 11.6 Å². The van der Waals surface area contributed by atoms with Crippen molar-refractivity contribution in [3.63, 3.8) is 0 Å². The molecule has 8 heteroatoms. The molecule has 7 nitrogen and oxygen atoms in total. The molecular weight excluding hydrogens is 378 g/mol. The molecule has 0 radical (unpaired) electrons. The van der Waals surface area contributed by atoms with Crippen LogP contribution in [0.3, 0.4) is 0 Å². The van der Waals surface area contributed by atoms with E-state index in [-0.39, 0.29) is 6.04 Å². The van der Waals surface area contributed by atoms with Crippen molar-refractivity contribution in [2.75, 3.05) is 17.7 Å². The van der Waals surface area contributed by atoms with Gasteiger partial charge in [-0.25, -0.2) is 19.7 Å². The number of halogens is 1. The largest absolute Gasteiger partial charge is 0.465 e. The van der Waals surface area contributed by atoms with Crippen molar-refractivity contribution in [2.45, 2.75) is 18.9 Å². The fourth-order valence-corrected chi connectivity index (χ4v) is 3.66. The Morgan fingerprint density at radius 1 is 1.11 bits per heavy atom. The average molecular weight is 396 g/mol. The van der Waals surface area contributed by atoms with E-state index in [4.69, 9.17) is 16.3 Å². The van der Waals surface area contributed by atoms with Gasteiger partial charge in [0, 0.05) is 11.1 Å². The number of nitrogens with one attached hydrogen (secondary N) is 2. The van der Waals surface area contributed by atoms with Crippen molar-refractivity contribution in [1.29, 1.82) is 0 Å². The Morgan fingerprint density at radius 2 is 1.75 bits per heavy atom. The molecule has 1 aliphatic rings. The van der Waals surface area contributed by atoms with Gasteiger partial charge in [0.25, 0.3) is 0 Å². The third-order valence-corrected chi connectivity index (χ3v) is 4.86. The quantitative estimate of drug-likeness (QED) is 0.637. The minimum Gasteiger partial charge on any atom is -0.465 e. The molecule has 0 fully saturated rings. The number of aromatic nitrogens is 3. The van der Waals surface area contributed by atoms with E-state index in [0.29, 0.717) is 27.9 Å². The van der Waals surface area contributed by atoms with Gasteiger partial charge < -0.3 is 15.4 Å². The maximum atomic E-state index is 12.6. The van der Waals surface area contributed by atoms with E-state index in [1.165, 1.54) is 30.9 Å². The number of hydrogen-bond acceptors (Lipinski definition) is 7. The van der Waals surface area contributed by atoms with E-state index < -0.39 is 5.97 Å². The number of carbonyl (C=O) groups is 1. The van der Waals surface area contributed by atoms with Gasteiger partial charge in [-0.05, 0) is 36.1 Å². The Balaban J connectivity index is 1.67. The van der Waals surface area contributed by atoms with E-state index in [1.54, 1.807) is 12.1 Å². The van der Waals surface area contributed by atoms with Gasteiger partial charge in [-0.15, -0.1) is 0 Å². The molecule has 4 rings (SSSR count). The molecule has 0 bridgehead atoms. The lowest BCUT2D eigenvalue weighted by atomic mass is 10.1. The molecule has 0 saturated carbocycles. The minimum absolute atomic E-state index is 0.157. The monoisotopic (exact) mass is 395 g/mol. The fraction of sp³-hybridized carbons (Fsp3) is 0.200. The molecule has 1 aromatic heterocycles. The van der Waals surface area contributed by atoms with Crippen molar-refractivity contribution in [1.82, 2.24) is 15.0 Å². The Hall–Kier alpha value is -3.19. The predicted octanol–water partition coefficient (Wildman–Crippen LogP) is 3.63. The topological polar surface area (TPSA) is 89.0 Å². The van der Waals surface area contributed by atoms with E-state index in [0.717, 1.165) is 12.8 Å². The third-order valence-electron chi connectivity index (χ3n) is 4.64. The van der Waals surface area contributed by atoms with Gasteiger partial charge in [-0.1, -0.05) is 35.9 Å². The summed E-state index contributed by atoms with van der Waals surface area (Å²) >= 11 is 6.33. The molecule has 0 atom stereocenters. The summed E-state index contributed by atoms with van der Waals surface area (Å²) in [6.07, 6.45) is 4.48. The number of benzene rings is 2. The molecule has 2 aromatic carbocycles. The summed E-state index contributed by atoms with van der Waals surface area (Å²) in [4.78, 5) is 24.4. The average Bonchev–Trinajstić information content (AvgIpc) is 3.10. The highest BCUT2D eigenvalue weighted by Gasteiger charge is 2.25. The van der Waals surface area contributed by atoms with Crippen LogP contribution in [0.4, 0.5) is 17.3 Å². The van der Waals surface area contributed by atoms with Gasteiger partial charge in [-0.3, -0.25) is 0 Å². The van der Waals surface area contributed by atoms with Crippen LogP contribution in [-0.2, 0) is 17.6 Å². The second-order valence-corrected chi connectivity index (χ2v) is 6.91. The first-order valence-corrected chi connectivity index (χ1v) is 9.16. The Morgan fingerprint density at radius 3 is 2.39 bits per heavy atom. The number of anilines is 3. The first kappa shape index (κ1) is 18.2. The first-order chi connectivity index (χ1) is 13.6. The van der Waals surface area contributed by atoms with Crippen LogP contribution in [0.15, 0.2) is 49.1 Å². The Bertz CT molecular complexity index is 988. The van der Waals surface area contributed by atoms with Crippen molar-refractivity contribution in [2.24, 2.45) is 0 Å². The van der Waals surface area contributed by atoms with Crippen molar-refractivity contribution in [3.8, 4) is 0 Å². The summed E-state index contributed by atoms with van der Waals surface area (Å²) in [6.45, 7) is 0. The third kappa shape index (κ3) is 3.75. The Kier molecular flexibility index (Phi) is 5.08. The van der Waals surface area contributed by atoms with Crippen molar-refractivity contribution >= 4 is 34.9 Å². The lowest BCUT2D eigenvalue weighted by molar-refractivity contribution is 0.0603. The number of fused-ring (bicyclic) bond motifs is 1. The number of methoxy groups -OCH3 is 1. The fourth-order valence-electron chi connectivity index (χ4n) is 3.45. The number of rotatable bonds is 5. The minimum atomic E-state index is -0.480. The van der Waals surface area contributed by atoms with Crippen LogP contribution in [0.1, 0.15) is 21.5 Å². The van der Waals surface area contributed by atoms with Crippen LogP contribution in [0.2, 0.25) is 5.02 Å². The predicted molar refractivity (Wildman–Crippen MR) is 107 cm³/mol. The van der Waals surface area contributed by atoms with Gasteiger partial charge in [0.2, 0.25) is 5.95 Å². The van der Waals surface area contributed by atoms with Gasteiger partial charge in [-0.2, -0.15) is 0 Å². The second kappa shape index (κ2) is 7.82. The summed E-state index contributed by atoms with van der Waals surface area (Å²) in [5, 5.41) is 6.96. The SMILES string of the molecule is COC(=O)c1c(Nc2ncncn2)cc(Cl)cc1NC1Cc2ccccc2C1.